The van der Waals surface area contributed by atoms with E-state index < -0.39 is 0 Å². The van der Waals surface area contributed by atoms with E-state index in [2.05, 4.69) is 44.7 Å². The van der Waals surface area contributed by atoms with Crippen LogP contribution in [0.5, 0.6) is 0 Å². The van der Waals surface area contributed by atoms with Gasteiger partial charge in [0.15, 0.2) is 0 Å². The number of thiol groups is 1. The van der Waals surface area contributed by atoms with Crippen molar-refractivity contribution in [2.45, 2.75) is 33.1 Å². The predicted molar refractivity (Wildman–Crippen MR) is 58.7 cm³/mol. The van der Waals surface area contributed by atoms with E-state index in [1.165, 1.54) is 24.8 Å². The highest BCUT2D eigenvalue weighted by Crippen LogP contribution is 2.38. The summed E-state index contributed by atoms with van der Waals surface area (Å²) in [5, 5.41) is 0. The van der Waals surface area contributed by atoms with E-state index in [0.717, 1.165) is 5.75 Å². The summed E-state index contributed by atoms with van der Waals surface area (Å²) in [5.74, 6) is 1.00. The van der Waals surface area contributed by atoms with Crippen LogP contribution in [-0.2, 0) is 0 Å². The SMILES string of the molecule is CC(C)=CCC1(CS)CC=CC1. The molecular formula is C11H18S. The minimum absolute atomic E-state index is 0.445. The summed E-state index contributed by atoms with van der Waals surface area (Å²) in [7, 11) is 0. The zero-order valence-corrected chi connectivity index (χ0v) is 8.90. The van der Waals surface area contributed by atoms with E-state index in [-0.39, 0.29) is 0 Å². The molecule has 0 saturated heterocycles. The molecule has 0 amide bonds. The normalized spacial score (nSPS) is 19.6. The van der Waals surface area contributed by atoms with Gasteiger partial charge in [-0.05, 0) is 44.3 Å². The standard InChI is InChI=1S/C11H18S/c1-10(2)5-8-11(9-12)6-3-4-7-11/h3-5,12H,6-9H2,1-2H3. The first-order chi connectivity index (χ1) is 5.68. The second-order valence-corrected chi connectivity index (χ2v) is 4.34. The topological polar surface area (TPSA) is 0 Å². The van der Waals surface area contributed by atoms with Gasteiger partial charge in [-0.1, -0.05) is 23.8 Å². The number of rotatable bonds is 3. The fourth-order valence-corrected chi connectivity index (χ4v) is 1.92. The Balaban J connectivity index is 2.51. The van der Waals surface area contributed by atoms with Gasteiger partial charge >= 0.3 is 0 Å². The molecular weight excluding hydrogens is 164 g/mol. The summed E-state index contributed by atoms with van der Waals surface area (Å²) in [6.07, 6.45) is 10.5. The van der Waals surface area contributed by atoms with Crippen molar-refractivity contribution in [3.63, 3.8) is 0 Å². The van der Waals surface area contributed by atoms with E-state index in [9.17, 15) is 0 Å². The lowest BCUT2D eigenvalue weighted by atomic mass is 9.83. The van der Waals surface area contributed by atoms with Crippen molar-refractivity contribution in [1.29, 1.82) is 0 Å². The molecule has 0 unspecified atom stereocenters. The van der Waals surface area contributed by atoms with Crippen LogP contribution in [0.25, 0.3) is 0 Å². The minimum Gasteiger partial charge on any atom is -0.179 e. The second-order valence-electron chi connectivity index (χ2n) is 4.02. The van der Waals surface area contributed by atoms with Gasteiger partial charge < -0.3 is 0 Å². The molecule has 1 aliphatic rings. The molecule has 0 bridgehead atoms. The highest BCUT2D eigenvalue weighted by Gasteiger charge is 2.27. The maximum atomic E-state index is 4.43. The molecule has 1 heteroatoms. The zero-order chi connectivity index (χ0) is 9.03. The highest BCUT2D eigenvalue weighted by atomic mass is 32.1. The Labute approximate surface area is 81.2 Å². The highest BCUT2D eigenvalue weighted by molar-refractivity contribution is 7.80. The first-order valence-corrected chi connectivity index (χ1v) is 5.21. The van der Waals surface area contributed by atoms with Gasteiger partial charge in [0, 0.05) is 0 Å². The lowest BCUT2D eigenvalue weighted by molar-refractivity contribution is 0.367. The molecule has 0 N–H and O–H groups in total. The van der Waals surface area contributed by atoms with Crippen molar-refractivity contribution >= 4 is 12.6 Å². The van der Waals surface area contributed by atoms with Crippen LogP contribution < -0.4 is 0 Å². The third-order valence-electron chi connectivity index (χ3n) is 2.55. The van der Waals surface area contributed by atoms with Crippen LogP contribution in [0, 0.1) is 5.41 Å². The molecule has 0 spiro atoms. The van der Waals surface area contributed by atoms with Gasteiger partial charge in [0.1, 0.15) is 0 Å². The van der Waals surface area contributed by atoms with Crippen molar-refractivity contribution in [1.82, 2.24) is 0 Å². The smallest absolute Gasteiger partial charge is 0.00322 e. The van der Waals surface area contributed by atoms with Crippen LogP contribution in [0.1, 0.15) is 33.1 Å². The fraction of sp³-hybridized carbons (Fsp3) is 0.636. The van der Waals surface area contributed by atoms with Crippen molar-refractivity contribution in [3.8, 4) is 0 Å². The summed E-state index contributed by atoms with van der Waals surface area (Å²) < 4.78 is 0. The quantitative estimate of drug-likeness (QED) is 0.500. The first kappa shape index (κ1) is 9.91. The molecule has 68 valence electrons. The maximum absolute atomic E-state index is 4.43. The van der Waals surface area contributed by atoms with Crippen LogP contribution in [0.3, 0.4) is 0 Å². The average Bonchev–Trinajstić information content (AvgIpc) is 2.50. The Hall–Kier alpha value is -0.170. The third kappa shape index (κ3) is 2.41. The fourth-order valence-electron chi connectivity index (χ4n) is 1.53. The molecule has 1 aliphatic carbocycles. The summed E-state index contributed by atoms with van der Waals surface area (Å²) in [6.45, 7) is 4.32. The Morgan fingerprint density at radius 1 is 1.42 bits per heavy atom. The molecule has 0 aromatic heterocycles. The van der Waals surface area contributed by atoms with E-state index in [4.69, 9.17) is 0 Å². The maximum Gasteiger partial charge on any atom is -0.00322 e. The van der Waals surface area contributed by atoms with Gasteiger partial charge in [-0.25, -0.2) is 0 Å². The molecule has 12 heavy (non-hydrogen) atoms. The van der Waals surface area contributed by atoms with E-state index in [1.807, 2.05) is 0 Å². The molecule has 0 heterocycles. The number of hydrogen-bond donors (Lipinski definition) is 1. The van der Waals surface area contributed by atoms with Crippen molar-refractivity contribution in [2.75, 3.05) is 5.75 Å². The average molecular weight is 182 g/mol. The Morgan fingerprint density at radius 3 is 2.42 bits per heavy atom. The number of hydrogen-bond acceptors (Lipinski definition) is 1. The van der Waals surface area contributed by atoms with E-state index in [0.29, 0.717) is 5.41 Å². The first-order valence-electron chi connectivity index (χ1n) is 4.58. The molecule has 0 aromatic rings. The van der Waals surface area contributed by atoms with Gasteiger partial charge in [-0.2, -0.15) is 12.6 Å². The van der Waals surface area contributed by atoms with E-state index >= 15 is 0 Å². The molecule has 0 nitrogen and oxygen atoms in total. The van der Waals surface area contributed by atoms with Gasteiger partial charge in [-0.15, -0.1) is 0 Å². The molecule has 0 aliphatic heterocycles. The van der Waals surface area contributed by atoms with Crippen LogP contribution in [-0.4, -0.2) is 5.75 Å². The summed E-state index contributed by atoms with van der Waals surface area (Å²) in [5.41, 5.74) is 1.86. The van der Waals surface area contributed by atoms with Crippen LogP contribution in [0.2, 0.25) is 0 Å². The zero-order valence-electron chi connectivity index (χ0n) is 8.01. The van der Waals surface area contributed by atoms with Crippen LogP contribution >= 0.6 is 12.6 Å². The van der Waals surface area contributed by atoms with Gasteiger partial charge in [0.05, 0.1) is 0 Å². The number of allylic oxidation sites excluding steroid dienone is 4. The van der Waals surface area contributed by atoms with Crippen molar-refractivity contribution in [3.05, 3.63) is 23.8 Å². The second kappa shape index (κ2) is 4.18. The molecule has 0 saturated carbocycles. The van der Waals surface area contributed by atoms with E-state index in [1.54, 1.807) is 0 Å². The minimum atomic E-state index is 0.445. The van der Waals surface area contributed by atoms with Gasteiger partial charge in [0.2, 0.25) is 0 Å². The molecule has 0 aromatic carbocycles. The monoisotopic (exact) mass is 182 g/mol. The lowest BCUT2D eigenvalue weighted by Crippen LogP contribution is -2.17. The lowest BCUT2D eigenvalue weighted by Gasteiger charge is -2.25. The molecule has 0 fully saturated rings. The molecule has 0 radical (unpaired) electrons. The Morgan fingerprint density at radius 2 is 2.00 bits per heavy atom. The summed E-state index contributed by atoms with van der Waals surface area (Å²) >= 11 is 4.43. The van der Waals surface area contributed by atoms with Crippen LogP contribution in [0.15, 0.2) is 23.8 Å². The predicted octanol–water partition coefficient (Wildman–Crippen LogP) is 3.61. The largest absolute Gasteiger partial charge is 0.179 e. The van der Waals surface area contributed by atoms with Crippen molar-refractivity contribution < 1.29 is 0 Å². The molecule has 0 atom stereocenters. The third-order valence-corrected chi connectivity index (χ3v) is 3.22. The summed E-state index contributed by atoms with van der Waals surface area (Å²) in [4.78, 5) is 0. The summed E-state index contributed by atoms with van der Waals surface area (Å²) in [6, 6.07) is 0. The Bertz CT molecular complexity index is 189. The Kier molecular flexibility index (Phi) is 3.45. The van der Waals surface area contributed by atoms with Crippen LogP contribution in [0.4, 0.5) is 0 Å². The van der Waals surface area contributed by atoms with Gasteiger partial charge in [0.25, 0.3) is 0 Å². The van der Waals surface area contributed by atoms with Gasteiger partial charge in [-0.3, -0.25) is 0 Å². The van der Waals surface area contributed by atoms with Crippen molar-refractivity contribution in [2.24, 2.45) is 5.41 Å². The molecule has 1 rings (SSSR count).